The number of benzene rings is 1. The van der Waals surface area contributed by atoms with Crippen molar-refractivity contribution in [3.05, 3.63) is 29.1 Å². The third-order valence-corrected chi connectivity index (χ3v) is 7.39. The van der Waals surface area contributed by atoms with Gasteiger partial charge in [-0.25, -0.2) is 12.8 Å². The number of piperidine rings is 1. The van der Waals surface area contributed by atoms with Gasteiger partial charge in [0.2, 0.25) is 10.0 Å². The van der Waals surface area contributed by atoms with E-state index in [1.54, 1.807) is 18.2 Å². The van der Waals surface area contributed by atoms with Crippen molar-refractivity contribution >= 4 is 10.0 Å². The van der Waals surface area contributed by atoms with Crippen molar-refractivity contribution in [2.24, 2.45) is 5.92 Å². The molecule has 2 heterocycles. The normalized spacial score (nSPS) is 24.2. The first-order chi connectivity index (χ1) is 10.9. The van der Waals surface area contributed by atoms with Crippen molar-refractivity contribution in [2.75, 3.05) is 19.6 Å². The van der Waals surface area contributed by atoms with Crippen molar-refractivity contribution in [2.45, 2.75) is 50.5 Å². The average Bonchev–Trinajstić information content (AvgIpc) is 3.00. The van der Waals surface area contributed by atoms with Crippen LogP contribution in [-0.2, 0) is 10.0 Å². The average molecular weight is 340 g/mol. The Kier molecular flexibility index (Phi) is 4.76. The molecule has 23 heavy (non-hydrogen) atoms. The zero-order chi connectivity index (χ0) is 16.6. The third kappa shape index (κ3) is 3.30. The Bertz CT molecular complexity index is 653. The van der Waals surface area contributed by atoms with E-state index in [0.29, 0.717) is 36.2 Å². The monoisotopic (exact) mass is 340 g/mol. The van der Waals surface area contributed by atoms with E-state index in [0.717, 1.165) is 19.4 Å². The zero-order valence-electron chi connectivity index (χ0n) is 13.8. The van der Waals surface area contributed by atoms with Crippen LogP contribution in [0.3, 0.4) is 0 Å². The summed E-state index contributed by atoms with van der Waals surface area (Å²) in [5, 5.41) is 3.53. The van der Waals surface area contributed by atoms with Crippen molar-refractivity contribution in [1.82, 2.24) is 9.62 Å². The quantitative estimate of drug-likeness (QED) is 0.920. The van der Waals surface area contributed by atoms with Crippen LogP contribution in [0.1, 0.15) is 36.8 Å². The van der Waals surface area contributed by atoms with Gasteiger partial charge in [-0.2, -0.15) is 4.31 Å². The molecule has 0 bridgehead atoms. The standard InChI is InChI=1S/C17H25FN2O2S/c1-12-10-15(18)11-13(2)17(12)23(21,22)20-8-5-14(6-9-20)16-4-3-7-19-16/h10-11,14,16,19H,3-9H2,1-2H3. The van der Waals surface area contributed by atoms with Gasteiger partial charge in [-0.3, -0.25) is 0 Å². The van der Waals surface area contributed by atoms with Gasteiger partial charge in [0.1, 0.15) is 5.82 Å². The lowest BCUT2D eigenvalue weighted by molar-refractivity contribution is 0.234. The molecule has 2 aliphatic heterocycles. The second kappa shape index (κ2) is 6.49. The number of hydrogen-bond acceptors (Lipinski definition) is 3. The maximum atomic E-state index is 13.4. The van der Waals surface area contributed by atoms with E-state index in [4.69, 9.17) is 0 Å². The predicted molar refractivity (Wildman–Crippen MR) is 88.4 cm³/mol. The second-order valence-electron chi connectivity index (χ2n) is 6.81. The first-order valence-corrected chi connectivity index (χ1v) is 9.84. The number of hydrogen-bond donors (Lipinski definition) is 1. The fraction of sp³-hybridized carbons (Fsp3) is 0.647. The van der Waals surface area contributed by atoms with E-state index < -0.39 is 10.0 Å². The predicted octanol–water partition coefficient (Wildman–Crippen LogP) is 2.60. The van der Waals surface area contributed by atoms with Crippen molar-refractivity contribution in [1.29, 1.82) is 0 Å². The summed E-state index contributed by atoms with van der Waals surface area (Å²) in [4.78, 5) is 0.274. The molecule has 1 unspecified atom stereocenters. The minimum absolute atomic E-state index is 0.274. The molecule has 4 nitrogen and oxygen atoms in total. The van der Waals surface area contributed by atoms with E-state index in [1.165, 1.54) is 25.0 Å². The third-order valence-electron chi connectivity index (χ3n) is 5.19. The first kappa shape index (κ1) is 16.9. The van der Waals surface area contributed by atoms with E-state index in [2.05, 4.69) is 5.32 Å². The van der Waals surface area contributed by atoms with Gasteiger partial charge in [0.15, 0.2) is 0 Å². The molecule has 128 valence electrons. The Labute approximate surface area is 138 Å². The molecule has 1 atom stereocenters. The lowest BCUT2D eigenvalue weighted by Gasteiger charge is -2.34. The Hall–Kier alpha value is -0.980. The maximum absolute atomic E-state index is 13.4. The summed E-state index contributed by atoms with van der Waals surface area (Å²) in [7, 11) is -3.54. The smallest absolute Gasteiger partial charge is 0.243 e. The molecule has 0 spiro atoms. The zero-order valence-corrected chi connectivity index (χ0v) is 14.6. The van der Waals surface area contributed by atoms with E-state index in [1.807, 2.05) is 0 Å². The molecule has 0 amide bonds. The molecule has 0 saturated carbocycles. The van der Waals surface area contributed by atoms with Gasteiger partial charge < -0.3 is 5.32 Å². The van der Waals surface area contributed by atoms with Crippen LogP contribution in [0.4, 0.5) is 4.39 Å². The van der Waals surface area contributed by atoms with Crippen LogP contribution in [0.2, 0.25) is 0 Å². The van der Waals surface area contributed by atoms with Crippen LogP contribution in [-0.4, -0.2) is 38.4 Å². The van der Waals surface area contributed by atoms with Gasteiger partial charge in [-0.15, -0.1) is 0 Å². The Morgan fingerprint density at radius 3 is 2.26 bits per heavy atom. The summed E-state index contributed by atoms with van der Waals surface area (Å²) in [5.41, 5.74) is 0.976. The summed E-state index contributed by atoms with van der Waals surface area (Å²) in [6.07, 6.45) is 4.22. The van der Waals surface area contributed by atoms with Crippen LogP contribution in [0.25, 0.3) is 0 Å². The molecule has 0 aromatic heterocycles. The molecule has 0 radical (unpaired) electrons. The number of nitrogens with zero attached hydrogens (tertiary/aromatic N) is 1. The van der Waals surface area contributed by atoms with Gasteiger partial charge in [0.25, 0.3) is 0 Å². The molecular weight excluding hydrogens is 315 g/mol. The van der Waals surface area contributed by atoms with Crippen LogP contribution in [0.15, 0.2) is 17.0 Å². The molecule has 1 N–H and O–H groups in total. The van der Waals surface area contributed by atoms with E-state index in [9.17, 15) is 12.8 Å². The topological polar surface area (TPSA) is 49.4 Å². The highest BCUT2D eigenvalue weighted by Crippen LogP contribution is 2.31. The minimum Gasteiger partial charge on any atom is -0.314 e. The summed E-state index contributed by atoms with van der Waals surface area (Å²) in [6, 6.07) is 3.15. The van der Waals surface area contributed by atoms with Gasteiger partial charge in [-0.05, 0) is 75.3 Å². The Balaban J connectivity index is 1.77. The summed E-state index contributed by atoms with van der Waals surface area (Å²) >= 11 is 0. The lowest BCUT2D eigenvalue weighted by atomic mass is 9.89. The van der Waals surface area contributed by atoms with Gasteiger partial charge in [0.05, 0.1) is 4.90 Å². The number of halogens is 1. The molecular formula is C17H25FN2O2S. The fourth-order valence-corrected chi connectivity index (χ4v) is 5.95. The summed E-state index contributed by atoms with van der Waals surface area (Å²) in [6.45, 7) is 5.52. The van der Waals surface area contributed by atoms with E-state index >= 15 is 0 Å². The van der Waals surface area contributed by atoms with Crippen molar-refractivity contribution in [3.63, 3.8) is 0 Å². The van der Waals surface area contributed by atoms with Crippen LogP contribution >= 0.6 is 0 Å². The molecule has 1 aromatic carbocycles. The number of sulfonamides is 1. The van der Waals surface area contributed by atoms with Crippen LogP contribution < -0.4 is 5.32 Å². The Morgan fingerprint density at radius 1 is 1.13 bits per heavy atom. The number of aryl methyl sites for hydroxylation is 2. The number of rotatable bonds is 3. The van der Waals surface area contributed by atoms with E-state index in [-0.39, 0.29) is 10.7 Å². The molecule has 3 rings (SSSR count). The van der Waals surface area contributed by atoms with Gasteiger partial charge in [-0.1, -0.05) is 0 Å². The van der Waals surface area contributed by atoms with Gasteiger partial charge in [0, 0.05) is 19.1 Å². The van der Waals surface area contributed by atoms with Crippen molar-refractivity contribution in [3.8, 4) is 0 Å². The molecule has 2 aliphatic rings. The molecule has 6 heteroatoms. The highest BCUT2D eigenvalue weighted by atomic mass is 32.2. The summed E-state index contributed by atoms with van der Waals surface area (Å²) in [5.74, 6) is 0.185. The lowest BCUT2D eigenvalue weighted by Crippen LogP contribution is -2.43. The minimum atomic E-state index is -3.54. The molecule has 2 saturated heterocycles. The molecule has 2 fully saturated rings. The van der Waals surface area contributed by atoms with Crippen LogP contribution in [0.5, 0.6) is 0 Å². The Morgan fingerprint density at radius 2 is 1.74 bits per heavy atom. The van der Waals surface area contributed by atoms with Crippen LogP contribution in [0, 0.1) is 25.6 Å². The molecule has 1 aromatic rings. The van der Waals surface area contributed by atoms with Gasteiger partial charge >= 0.3 is 0 Å². The van der Waals surface area contributed by atoms with Crippen molar-refractivity contribution < 1.29 is 12.8 Å². The summed E-state index contributed by atoms with van der Waals surface area (Å²) < 4.78 is 40.9. The SMILES string of the molecule is Cc1cc(F)cc(C)c1S(=O)(=O)N1CCC(C2CCCN2)CC1. The molecule has 0 aliphatic carbocycles. The second-order valence-corrected chi connectivity index (χ2v) is 8.69. The largest absolute Gasteiger partial charge is 0.314 e. The number of nitrogens with one attached hydrogen (secondary N) is 1. The highest BCUT2D eigenvalue weighted by Gasteiger charge is 2.34. The first-order valence-electron chi connectivity index (χ1n) is 8.40. The maximum Gasteiger partial charge on any atom is 0.243 e. The fourth-order valence-electron chi connectivity index (χ4n) is 4.07. The highest BCUT2D eigenvalue weighted by molar-refractivity contribution is 7.89.